The number of hydrogen-bond donors (Lipinski definition) is 1. The SMILES string of the molecule is C=CCN(CC(=O)O)Cc1cc(=O)oc2cc(Br)ccc12. The summed E-state index contributed by atoms with van der Waals surface area (Å²) in [6.45, 7) is 4.26. The summed E-state index contributed by atoms with van der Waals surface area (Å²) in [5.74, 6) is -0.924. The number of carboxylic acids is 1. The molecule has 1 N–H and O–H groups in total. The van der Waals surface area contributed by atoms with Crippen LogP contribution >= 0.6 is 15.9 Å². The van der Waals surface area contributed by atoms with Crippen LogP contribution in [-0.2, 0) is 11.3 Å². The molecule has 0 aliphatic rings. The summed E-state index contributed by atoms with van der Waals surface area (Å²) in [5.41, 5.74) is 0.752. The third kappa shape index (κ3) is 4.03. The number of rotatable bonds is 6. The molecule has 110 valence electrons. The van der Waals surface area contributed by atoms with Crippen LogP contribution in [0.2, 0.25) is 0 Å². The van der Waals surface area contributed by atoms with Crippen LogP contribution in [0, 0.1) is 0 Å². The summed E-state index contributed by atoms with van der Waals surface area (Å²) in [4.78, 5) is 24.2. The molecule has 0 bridgehead atoms. The topological polar surface area (TPSA) is 70.8 Å². The molecular formula is C15H14BrNO4. The highest BCUT2D eigenvalue weighted by molar-refractivity contribution is 9.10. The molecule has 6 heteroatoms. The van der Waals surface area contributed by atoms with E-state index in [1.54, 1.807) is 17.0 Å². The molecule has 0 saturated carbocycles. The minimum atomic E-state index is -0.924. The largest absolute Gasteiger partial charge is 0.480 e. The number of halogens is 1. The highest BCUT2D eigenvalue weighted by atomic mass is 79.9. The molecule has 0 fully saturated rings. The molecule has 0 aliphatic heterocycles. The van der Waals surface area contributed by atoms with Crippen LogP contribution < -0.4 is 5.63 Å². The Hall–Kier alpha value is -1.92. The average Bonchev–Trinajstić information content (AvgIpc) is 2.37. The zero-order valence-corrected chi connectivity index (χ0v) is 12.8. The summed E-state index contributed by atoms with van der Waals surface area (Å²) in [6.07, 6.45) is 1.63. The van der Waals surface area contributed by atoms with Crippen molar-refractivity contribution < 1.29 is 14.3 Å². The molecule has 0 amide bonds. The molecule has 1 heterocycles. The molecule has 0 unspecified atom stereocenters. The van der Waals surface area contributed by atoms with Crippen molar-refractivity contribution >= 4 is 32.9 Å². The van der Waals surface area contributed by atoms with Crippen LogP contribution in [0.15, 0.2) is 50.6 Å². The Morgan fingerprint density at radius 3 is 2.86 bits per heavy atom. The van der Waals surface area contributed by atoms with Crippen molar-refractivity contribution in [1.29, 1.82) is 0 Å². The Labute approximate surface area is 129 Å². The summed E-state index contributed by atoms with van der Waals surface area (Å²) < 4.78 is 5.97. The summed E-state index contributed by atoms with van der Waals surface area (Å²) in [5, 5.41) is 9.72. The molecule has 2 rings (SSSR count). The molecule has 0 aliphatic carbocycles. The van der Waals surface area contributed by atoms with Gasteiger partial charge in [-0.2, -0.15) is 0 Å². The van der Waals surface area contributed by atoms with E-state index >= 15 is 0 Å². The lowest BCUT2D eigenvalue weighted by atomic mass is 10.1. The Morgan fingerprint density at radius 1 is 1.43 bits per heavy atom. The minimum absolute atomic E-state index is 0.121. The van der Waals surface area contributed by atoms with Crippen LogP contribution in [-0.4, -0.2) is 29.1 Å². The van der Waals surface area contributed by atoms with E-state index in [4.69, 9.17) is 9.52 Å². The number of hydrogen-bond acceptors (Lipinski definition) is 4. The van der Waals surface area contributed by atoms with Gasteiger partial charge in [-0.15, -0.1) is 6.58 Å². The predicted octanol–water partition coefficient (Wildman–Crippen LogP) is 2.63. The first kappa shape index (κ1) is 15.5. The zero-order chi connectivity index (χ0) is 15.4. The number of aliphatic carboxylic acids is 1. The van der Waals surface area contributed by atoms with Crippen LogP contribution in [0.5, 0.6) is 0 Å². The van der Waals surface area contributed by atoms with Gasteiger partial charge in [-0.3, -0.25) is 9.69 Å². The van der Waals surface area contributed by atoms with Gasteiger partial charge < -0.3 is 9.52 Å². The standard InChI is InChI=1S/C15H14BrNO4/c1-2-5-17(9-14(18)19)8-10-6-15(20)21-13-7-11(16)3-4-12(10)13/h2-4,6-7H,1,5,8-9H2,(H,18,19). The lowest BCUT2D eigenvalue weighted by Gasteiger charge is -2.19. The molecule has 21 heavy (non-hydrogen) atoms. The first-order valence-electron chi connectivity index (χ1n) is 6.27. The zero-order valence-electron chi connectivity index (χ0n) is 11.2. The van der Waals surface area contributed by atoms with Gasteiger partial charge in [0.1, 0.15) is 5.58 Å². The second-order valence-corrected chi connectivity index (χ2v) is 5.50. The molecule has 1 aromatic carbocycles. The van der Waals surface area contributed by atoms with E-state index in [1.807, 2.05) is 12.1 Å². The Bertz CT molecular complexity index is 738. The molecule has 0 saturated heterocycles. The van der Waals surface area contributed by atoms with Gasteiger partial charge in [0.2, 0.25) is 0 Å². The summed E-state index contributed by atoms with van der Waals surface area (Å²) >= 11 is 3.33. The maximum absolute atomic E-state index is 11.6. The molecular weight excluding hydrogens is 338 g/mol. The molecule has 1 aromatic heterocycles. The van der Waals surface area contributed by atoms with E-state index in [1.165, 1.54) is 6.07 Å². The minimum Gasteiger partial charge on any atom is -0.480 e. The van der Waals surface area contributed by atoms with Crippen molar-refractivity contribution in [3.63, 3.8) is 0 Å². The third-order valence-electron chi connectivity index (χ3n) is 2.93. The van der Waals surface area contributed by atoms with Crippen molar-refractivity contribution in [2.24, 2.45) is 0 Å². The van der Waals surface area contributed by atoms with Gasteiger partial charge in [0, 0.05) is 29.0 Å². The molecule has 0 radical (unpaired) electrons. The summed E-state index contributed by atoms with van der Waals surface area (Å²) in [6, 6.07) is 6.80. The van der Waals surface area contributed by atoms with Crippen molar-refractivity contribution in [2.45, 2.75) is 6.54 Å². The number of nitrogens with zero attached hydrogens (tertiary/aromatic N) is 1. The smallest absolute Gasteiger partial charge is 0.336 e. The molecule has 0 spiro atoms. The average molecular weight is 352 g/mol. The normalized spacial score (nSPS) is 11.0. The number of benzene rings is 1. The lowest BCUT2D eigenvalue weighted by Crippen LogP contribution is -2.29. The number of carbonyl (C=O) groups is 1. The van der Waals surface area contributed by atoms with Gasteiger partial charge in [0.25, 0.3) is 0 Å². The van der Waals surface area contributed by atoms with Crippen LogP contribution in [0.25, 0.3) is 11.0 Å². The van der Waals surface area contributed by atoms with E-state index < -0.39 is 11.6 Å². The second-order valence-electron chi connectivity index (χ2n) is 4.58. The summed E-state index contributed by atoms with van der Waals surface area (Å²) in [7, 11) is 0. The van der Waals surface area contributed by atoms with Crippen molar-refractivity contribution in [1.82, 2.24) is 4.90 Å². The molecule has 2 aromatic rings. The quantitative estimate of drug-likeness (QED) is 0.639. The lowest BCUT2D eigenvalue weighted by molar-refractivity contribution is -0.138. The Kier molecular flexibility index (Phi) is 4.93. The third-order valence-corrected chi connectivity index (χ3v) is 3.43. The Balaban J connectivity index is 2.42. The number of carboxylic acid groups (broad SMARTS) is 1. The van der Waals surface area contributed by atoms with E-state index in [0.717, 1.165) is 15.4 Å². The van der Waals surface area contributed by atoms with Crippen LogP contribution in [0.3, 0.4) is 0 Å². The maximum Gasteiger partial charge on any atom is 0.336 e. The van der Waals surface area contributed by atoms with Gasteiger partial charge in [-0.1, -0.05) is 22.0 Å². The second kappa shape index (κ2) is 6.69. The van der Waals surface area contributed by atoms with Gasteiger partial charge in [0.15, 0.2) is 0 Å². The van der Waals surface area contributed by atoms with E-state index in [0.29, 0.717) is 18.7 Å². The first-order valence-corrected chi connectivity index (χ1v) is 7.06. The van der Waals surface area contributed by atoms with Crippen LogP contribution in [0.1, 0.15) is 5.56 Å². The fraction of sp³-hybridized carbons (Fsp3) is 0.200. The highest BCUT2D eigenvalue weighted by Crippen LogP contribution is 2.22. The van der Waals surface area contributed by atoms with Gasteiger partial charge >= 0.3 is 11.6 Å². The van der Waals surface area contributed by atoms with Gasteiger partial charge in [0.05, 0.1) is 6.54 Å². The van der Waals surface area contributed by atoms with Crippen LogP contribution in [0.4, 0.5) is 0 Å². The fourth-order valence-corrected chi connectivity index (χ4v) is 2.47. The first-order chi connectivity index (χ1) is 9.99. The van der Waals surface area contributed by atoms with Gasteiger partial charge in [-0.05, 0) is 23.8 Å². The monoisotopic (exact) mass is 351 g/mol. The highest BCUT2D eigenvalue weighted by Gasteiger charge is 2.12. The maximum atomic E-state index is 11.6. The van der Waals surface area contributed by atoms with E-state index in [2.05, 4.69) is 22.5 Å². The van der Waals surface area contributed by atoms with Crippen molar-refractivity contribution in [3.05, 3.63) is 57.4 Å². The van der Waals surface area contributed by atoms with Crippen molar-refractivity contribution in [3.8, 4) is 0 Å². The Morgan fingerprint density at radius 2 is 2.19 bits per heavy atom. The predicted molar refractivity (Wildman–Crippen MR) is 83.3 cm³/mol. The van der Waals surface area contributed by atoms with E-state index in [-0.39, 0.29) is 6.54 Å². The fourth-order valence-electron chi connectivity index (χ4n) is 2.13. The van der Waals surface area contributed by atoms with Gasteiger partial charge in [-0.25, -0.2) is 4.79 Å². The van der Waals surface area contributed by atoms with Crippen molar-refractivity contribution in [2.75, 3.05) is 13.1 Å². The van der Waals surface area contributed by atoms with E-state index in [9.17, 15) is 9.59 Å². The molecule has 5 nitrogen and oxygen atoms in total. The molecule has 0 atom stereocenters. The number of fused-ring (bicyclic) bond motifs is 1.